The molecule has 0 unspecified atom stereocenters. The quantitative estimate of drug-likeness (QED) is 0.386. The number of esters is 1. The predicted octanol–water partition coefficient (Wildman–Crippen LogP) is 3.71. The molecular formula is C27H29N3O5. The van der Waals surface area contributed by atoms with E-state index in [1.54, 1.807) is 6.07 Å². The number of carbonyl (C=O) groups excluding carboxylic acids is 3. The molecule has 0 radical (unpaired) electrons. The number of rotatable bonds is 10. The molecule has 8 heteroatoms. The fourth-order valence-electron chi connectivity index (χ4n) is 3.47. The Morgan fingerprint density at radius 3 is 2.26 bits per heavy atom. The Hall–Kier alpha value is -4.17. The van der Waals surface area contributed by atoms with Crippen LogP contribution in [0.4, 0.5) is 10.5 Å². The number of amides is 2. The molecule has 0 fully saturated rings. The van der Waals surface area contributed by atoms with E-state index in [0.717, 1.165) is 22.3 Å². The highest BCUT2D eigenvalue weighted by Crippen LogP contribution is 2.29. The molecule has 1 atom stereocenters. The minimum atomic E-state index is -0.685. The normalized spacial score (nSPS) is 11.3. The van der Waals surface area contributed by atoms with Crippen molar-refractivity contribution in [1.82, 2.24) is 10.6 Å². The van der Waals surface area contributed by atoms with Gasteiger partial charge in [-0.1, -0.05) is 78.4 Å². The summed E-state index contributed by atoms with van der Waals surface area (Å²) in [7, 11) is 1.33. The van der Waals surface area contributed by atoms with Gasteiger partial charge in [0.15, 0.2) is 0 Å². The van der Waals surface area contributed by atoms with Crippen molar-refractivity contribution in [2.75, 3.05) is 25.5 Å². The van der Waals surface area contributed by atoms with Crippen molar-refractivity contribution in [3.63, 3.8) is 0 Å². The number of methoxy groups -OCH3 is 1. The van der Waals surface area contributed by atoms with E-state index in [9.17, 15) is 14.4 Å². The topological polar surface area (TPSA) is 106 Å². The molecule has 0 heterocycles. The molecule has 0 bridgehead atoms. The molecule has 35 heavy (non-hydrogen) atoms. The third-order valence-electron chi connectivity index (χ3n) is 5.21. The molecule has 182 valence electrons. The van der Waals surface area contributed by atoms with Crippen LogP contribution in [0.25, 0.3) is 0 Å². The summed E-state index contributed by atoms with van der Waals surface area (Å²) in [6.07, 6.45) is -0.685. The lowest BCUT2D eigenvalue weighted by Crippen LogP contribution is -2.34. The lowest BCUT2D eigenvalue weighted by molar-refractivity contribution is -0.139. The Balaban J connectivity index is 1.68. The molecule has 0 saturated heterocycles. The molecule has 3 N–H and O–H groups in total. The van der Waals surface area contributed by atoms with Gasteiger partial charge in [-0.15, -0.1) is 0 Å². The van der Waals surface area contributed by atoms with Crippen LogP contribution in [0.2, 0.25) is 0 Å². The van der Waals surface area contributed by atoms with Crippen molar-refractivity contribution >= 4 is 23.7 Å². The maximum Gasteiger partial charge on any atom is 0.407 e. The number of nitrogens with one attached hydrogen (secondary N) is 3. The van der Waals surface area contributed by atoms with Crippen LogP contribution < -0.4 is 16.0 Å². The first-order chi connectivity index (χ1) is 17.0. The van der Waals surface area contributed by atoms with Gasteiger partial charge >= 0.3 is 12.1 Å². The number of alkyl carbamates (subject to hydrolysis) is 1. The maximum atomic E-state index is 12.6. The van der Waals surface area contributed by atoms with Crippen molar-refractivity contribution in [3.05, 3.63) is 101 Å². The lowest BCUT2D eigenvalue weighted by Gasteiger charge is -2.23. The second-order valence-corrected chi connectivity index (χ2v) is 7.85. The Morgan fingerprint density at radius 2 is 1.57 bits per heavy atom. The Morgan fingerprint density at radius 1 is 0.886 bits per heavy atom. The molecule has 8 nitrogen and oxygen atoms in total. The summed E-state index contributed by atoms with van der Waals surface area (Å²) in [6.45, 7) is 1.79. The number of hydrogen-bond acceptors (Lipinski definition) is 6. The largest absolute Gasteiger partial charge is 0.468 e. The average Bonchev–Trinajstić information content (AvgIpc) is 2.89. The van der Waals surface area contributed by atoms with Crippen molar-refractivity contribution in [1.29, 1.82) is 0 Å². The van der Waals surface area contributed by atoms with Crippen molar-refractivity contribution < 1.29 is 23.9 Å². The fraction of sp³-hybridized carbons (Fsp3) is 0.222. The fourth-order valence-corrected chi connectivity index (χ4v) is 3.47. The Bertz CT molecular complexity index is 1140. The van der Waals surface area contributed by atoms with Crippen LogP contribution in [0.1, 0.15) is 28.3 Å². The number of anilines is 1. The van der Waals surface area contributed by atoms with Gasteiger partial charge in [-0.05, 0) is 29.7 Å². The molecule has 0 aliphatic rings. The summed E-state index contributed by atoms with van der Waals surface area (Å²) in [6, 6.07) is 24.1. The SMILES string of the molecule is COC(=O)CN[C@H](c1ccccc1)c1cc(C)ccc1NC(=O)CNC(=O)OCc1ccccc1. The molecule has 3 rings (SSSR count). The summed E-state index contributed by atoms with van der Waals surface area (Å²) in [5.74, 6) is -0.811. The zero-order chi connectivity index (χ0) is 25.0. The van der Waals surface area contributed by atoms with E-state index in [-0.39, 0.29) is 25.7 Å². The van der Waals surface area contributed by atoms with E-state index < -0.39 is 18.0 Å². The van der Waals surface area contributed by atoms with Gasteiger partial charge in [0.2, 0.25) is 5.91 Å². The van der Waals surface area contributed by atoms with Gasteiger partial charge in [-0.3, -0.25) is 14.9 Å². The highest BCUT2D eigenvalue weighted by Gasteiger charge is 2.20. The molecule has 0 aliphatic heterocycles. The first-order valence-electron chi connectivity index (χ1n) is 11.2. The number of aryl methyl sites for hydroxylation is 1. The van der Waals surface area contributed by atoms with Gasteiger partial charge in [0, 0.05) is 5.69 Å². The number of hydrogen-bond donors (Lipinski definition) is 3. The molecule has 0 aliphatic carbocycles. The first kappa shape index (κ1) is 25.5. The van der Waals surface area contributed by atoms with Crippen LogP contribution >= 0.6 is 0 Å². The third kappa shape index (κ3) is 7.97. The zero-order valence-electron chi connectivity index (χ0n) is 19.7. The first-order valence-corrected chi connectivity index (χ1v) is 11.2. The third-order valence-corrected chi connectivity index (χ3v) is 5.21. The van der Waals surface area contributed by atoms with Crippen LogP contribution in [0.5, 0.6) is 0 Å². The maximum absolute atomic E-state index is 12.6. The minimum absolute atomic E-state index is 0.00774. The molecule has 3 aromatic carbocycles. The highest BCUT2D eigenvalue weighted by atomic mass is 16.5. The molecule has 0 spiro atoms. The summed E-state index contributed by atoms with van der Waals surface area (Å²) in [4.78, 5) is 36.4. The molecule has 0 aromatic heterocycles. The minimum Gasteiger partial charge on any atom is -0.468 e. The van der Waals surface area contributed by atoms with E-state index >= 15 is 0 Å². The summed E-state index contributed by atoms with van der Waals surface area (Å²) >= 11 is 0. The van der Waals surface area contributed by atoms with E-state index in [2.05, 4.69) is 16.0 Å². The van der Waals surface area contributed by atoms with Gasteiger partial charge in [-0.25, -0.2) is 4.79 Å². The van der Waals surface area contributed by atoms with E-state index in [0.29, 0.717) is 5.69 Å². The average molecular weight is 476 g/mol. The molecular weight excluding hydrogens is 446 g/mol. The van der Waals surface area contributed by atoms with Crippen LogP contribution in [0.3, 0.4) is 0 Å². The van der Waals surface area contributed by atoms with Crippen LogP contribution in [0.15, 0.2) is 78.9 Å². The summed E-state index contributed by atoms with van der Waals surface area (Å²) in [5, 5.41) is 8.53. The smallest absolute Gasteiger partial charge is 0.407 e. The predicted molar refractivity (Wildman–Crippen MR) is 133 cm³/mol. The zero-order valence-corrected chi connectivity index (χ0v) is 19.7. The number of ether oxygens (including phenoxy) is 2. The Labute approximate surface area is 204 Å². The van der Waals surface area contributed by atoms with Crippen molar-refractivity contribution in [3.8, 4) is 0 Å². The standard InChI is InChI=1S/C27H29N3O5/c1-19-13-14-23(30-24(31)16-29-27(33)35-18-20-9-5-3-6-10-20)22(15-19)26(28-17-25(32)34-2)21-11-7-4-8-12-21/h3-15,26,28H,16-18H2,1-2H3,(H,29,33)(H,30,31)/t26-/m1/s1. The van der Waals surface area contributed by atoms with Crippen molar-refractivity contribution in [2.24, 2.45) is 0 Å². The monoisotopic (exact) mass is 475 g/mol. The van der Waals surface area contributed by atoms with Gasteiger partial charge in [0.25, 0.3) is 0 Å². The van der Waals surface area contributed by atoms with E-state index in [1.165, 1.54) is 7.11 Å². The highest BCUT2D eigenvalue weighted by molar-refractivity contribution is 5.94. The Kier molecular flexibility index (Phi) is 9.39. The van der Waals surface area contributed by atoms with Gasteiger partial charge < -0.3 is 20.1 Å². The number of benzene rings is 3. The summed E-state index contributed by atoms with van der Waals surface area (Å²) in [5.41, 5.74) is 4.09. The van der Waals surface area contributed by atoms with Crippen molar-refractivity contribution in [2.45, 2.75) is 19.6 Å². The van der Waals surface area contributed by atoms with E-state index in [4.69, 9.17) is 9.47 Å². The van der Waals surface area contributed by atoms with Gasteiger partial charge in [-0.2, -0.15) is 0 Å². The summed E-state index contributed by atoms with van der Waals surface area (Å²) < 4.78 is 9.92. The van der Waals surface area contributed by atoms with Gasteiger partial charge in [0.05, 0.1) is 19.7 Å². The van der Waals surface area contributed by atoms with Crippen LogP contribution in [-0.2, 0) is 25.7 Å². The van der Waals surface area contributed by atoms with Crippen LogP contribution in [0, 0.1) is 6.92 Å². The van der Waals surface area contributed by atoms with E-state index in [1.807, 2.05) is 79.7 Å². The van der Waals surface area contributed by atoms with Crippen LogP contribution in [-0.4, -0.2) is 38.2 Å². The second kappa shape index (κ2) is 12.9. The number of carbonyl (C=O) groups is 3. The molecule has 0 saturated carbocycles. The molecule has 3 aromatic rings. The lowest BCUT2D eigenvalue weighted by atomic mass is 9.95. The molecule has 2 amide bonds. The van der Waals surface area contributed by atoms with Gasteiger partial charge in [0.1, 0.15) is 13.2 Å². The second-order valence-electron chi connectivity index (χ2n) is 7.85.